The zero-order valence-electron chi connectivity index (χ0n) is 5.76. The first-order valence-electron chi connectivity index (χ1n) is 2.55. The van der Waals surface area contributed by atoms with Crippen molar-refractivity contribution >= 4 is 24.7 Å². The van der Waals surface area contributed by atoms with Crippen molar-refractivity contribution in [1.82, 2.24) is 0 Å². The zero-order valence-corrected chi connectivity index (χ0v) is 8.24. The maximum absolute atomic E-state index is 11.7. The first kappa shape index (κ1) is 14.3. The normalized spacial score (nSPS) is 15.0. The Balaban J connectivity index is 5.07. The second kappa shape index (κ2) is 4.05. The fraction of sp³-hybridized carbons (Fsp3) is 1.00. The standard InChI is InChI=1S/C3BrF8OP/c4-1(2(5,6)7,3(8,9)10)13-14(11)12. The highest BCUT2D eigenvalue weighted by Gasteiger charge is 2.72. The van der Waals surface area contributed by atoms with Crippen molar-refractivity contribution in [3.05, 3.63) is 0 Å². The minimum absolute atomic E-state index is 1.09. The molecule has 0 spiro atoms. The van der Waals surface area contributed by atoms with E-state index in [1.54, 1.807) is 0 Å². The van der Waals surface area contributed by atoms with Gasteiger partial charge in [0.05, 0.1) is 0 Å². The lowest BCUT2D eigenvalue weighted by Gasteiger charge is -2.30. The highest BCUT2D eigenvalue weighted by atomic mass is 79.9. The van der Waals surface area contributed by atoms with E-state index in [9.17, 15) is 34.7 Å². The SMILES string of the molecule is FP(F)OC(Br)(C(F)(F)F)C(F)(F)F. The number of halogens is 9. The molecule has 0 aliphatic rings. The van der Waals surface area contributed by atoms with Gasteiger partial charge in [-0.3, -0.25) is 4.52 Å². The van der Waals surface area contributed by atoms with E-state index in [1.165, 1.54) is 0 Å². The molecular weight excluding hydrogens is 315 g/mol. The van der Waals surface area contributed by atoms with Crippen molar-refractivity contribution in [2.75, 3.05) is 0 Å². The molecule has 0 rings (SSSR count). The largest absolute Gasteiger partial charge is 0.437 e. The lowest BCUT2D eigenvalue weighted by atomic mass is 10.3. The Morgan fingerprint density at radius 2 is 1.14 bits per heavy atom. The quantitative estimate of drug-likeness (QED) is 0.417. The van der Waals surface area contributed by atoms with Crippen molar-refractivity contribution < 1.29 is 39.3 Å². The third-order valence-electron chi connectivity index (χ3n) is 0.924. The predicted octanol–water partition coefficient (Wildman–Crippen LogP) is 4.38. The molecule has 0 amide bonds. The third-order valence-corrected chi connectivity index (χ3v) is 2.65. The van der Waals surface area contributed by atoms with E-state index in [0.29, 0.717) is 0 Å². The lowest BCUT2D eigenvalue weighted by Crippen LogP contribution is -2.52. The molecule has 0 aromatic carbocycles. The van der Waals surface area contributed by atoms with Crippen LogP contribution in [0.3, 0.4) is 0 Å². The van der Waals surface area contributed by atoms with Gasteiger partial charge >= 0.3 is 25.6 Å². The van der Waals surface area contributed by atoms with Gasteiger partial charge in [-0.1, -0.05) is 0 Å². The fourth-order valence-electron chi connectivity index (χ4n) is 0.359. The van der Waals surface area contributed by atoms with Gasteiger partial charge in [-0.05, 0) is 15.9 Å². The molecule has 86 valence electrons. The molecule has 0 saturated heterocycles. The monoisotopic (exact) mass is 314 g/mol. The van der Waals surface area contributed by atoms with Crippen LogP contribution in [0, 0.1) is 0 Å². The predicted molar refractivity (Wildman–Crippen MR) is 34.0 cm³/mol. The van der Waals surface area contributed by atoms with E-state index in [0.717, 1.165) is 15.9 Å². The average molecular weight is 315 g/mol. The molecule has 0 aliphatic heterocycles. The molecule has 0 saturated carbocycles. The summed E-state index contributed by atoms with van der Waals surface area (Å²) in [6.07, 6.45) is -12.0. The van der Waals surface area contributed by atoms with E-state index in [2.05, 4.69) is 4.52 Å². The third kappa shape index (κ3) is 2.90. The molecule has 0 heterocycles. The van der Waals surface area contributed by atoms with Gasteiger partial charge in [0.1, 0.15) is 0 Å². The summed E-state index contributed by atoms with van der Waals surface area (Å²) in [7, 11) is -4.80. The molecule has 0 aromatic heterocycles. The van der Waals surface area contributed by atoms with Gasteiger partial charge in [-0.15, -0.1) is 0 Å². The second-order valence-electron chi connectivity index (χ2n) is 1.88. The van der Waals surface area contributed by atoms with Gasteiger partial charge in [-0.25, -0.2) is 0 Å². The van der Waals surface area contributed by atoms with Crippen LogP contribution in [0.4, 0.5) is 34.7 Å². The first-order valence-corrected chi connectivity index (χ1v) is 4.38. The molecule has 1 nitrogen and oxygen atoms in total. The Morgan fingerprint density at radius 3 is 1.21 bits per heavy atom. The molecule has 0 fully saturated rings. The summed E-state index contributed by atoms with van der Waals surface area (Å²) in [6.45, 7) is 0. The van der Waals surface area contributed by atoms with E-state index in [-0.39, 0.29) is 0 Å². The number of hydrogen-bond donors (Lipinski definition) is 0. The van der Waals surface area contributed by atoms with Crippen LogP contribution in [0.25, 0.3) is 0 Å². The summed E-state index contributed by atoms with van der Waals surface area (Å²) in [5.41, 5.74) is 0. The van der Waals surface area contributed by atoms with Gasteiger partial charge in [0, 0.05) is 0 Å². The van der Waals surface area contributed by atoms with Crippen LogP contribution >= 0.6 is 24.7 Å². The van der Waals surface area contributed by atoms with Gasteiger partial charge in [0.2, 0.25) is 0 Å². The zero-order chi connectivity index (χ0) is 11.8. The molecular formula is C3BrF8OP. The van der Waals surface area contributed by atoms with Crippen LogP contribution in [0.1, 0.15) is 0 Å². The Hall–Kier alpha value is 0.310. The van der Waals surface area contributed by atoms with Crippen LogP contribution in [0.2, 0.25) is 0 Å². The second-order valence-corrected chi connectivity index (χ2v) is 3.59. The molecule has 0 aromatic rings. The highest BCUT2D eigenvalue weighted by molar-refractivity contribution is 9.10. The van der Waals surface area contributed by atoms with Crippen molar-refractivity contribution in [2.24, 2.45) is 0 Å². The Labute approximate surface area is 81.6 Å². The van der Waals surface area contributed by atoms with Crippen molar-refractivity contribution in [1.29, 1.82) is 0 Å². The highest BCUT2D eigenvalue weighted by Crippen LogP contribution is 2.58. The molecule has 0 bridgehead atoms. The smallest absolute Gasteiger partial charge is 0.269 e. The molecule has 0 unspecified atom stereocenters. The Bertz CT molecular complexity index is 184. The van der Waals surface area contributed by atoms with Crippen molar-refractivity contribution in [3.8, 4) is 0 Å². The molecule has 11 heteroatoms. The van der Waals surface area contributed by atoms with Crippen LogP contribution in [0.5, 0.6) is 0 Å². The van der Waals surface area contributed by atoms with Crippen LogP contribution in [-0.4, -0.2) is 16.9 Å². The Morgan fingerprint density at radius 1 is 0.857 bits per heavy atom. The van der Waals surface area contributed by atoms with Gasteiger partial charge in [0.15, 0.2) is 0 Å². The van der Waals surface area contributed by atoms with E-state index >= 15 is 0 Å². The van der Waals surface area contributed by atoms with E-state index in [1.807, 2.05) is 0 Å². The number of alkyl halides is 7. The summed E-state index contributed by atoms with van der Waals surface area (Å²) in [6, 6.07) is 0. The molecule has 0 aliphatic carbocycles. The molecule has 0 N–H and O–H groups in total. The summed E-state index contributed by atoms with van der Waals surface area (Å²) < 4.78 is 90.8. The van der Waals surface area contributed by atoms with Gasteiger partial charge < -0.3 is 0 Å². The average Bonchev–Trinajstić information content (AvgIpc) is 1.79. The van der Waals surface area contributed by atoms with Crippen LogP contribution < -0.4 is 0 Å². The maximum Gasteiger partial charge on any atom is 0.437 e. The van der Waals surface area contributed by atoms with Crippen LogP contribution in [-0.2, 0) is 4.52 Å². The first-order chi connectivity index (χ1) is 5.92. The number of hydrogen-bond acceptors (Lipinski definition) is 1. The topological polar surface area (TPSA) is 9.23 Å². The fourth-order valence-corrected chi connectivity index (χ4v) is 1.08. The summed E-state index contributed by atoms with van der Waals surface area (Å²) in [5.74, 6) is 0. The van der Waals surface area contributed by atoms with Crippen molar-refractivity contribution in [2.45, 2.75) is 16.9 Å². The van der Waals surface area contributed by atoms with Gasteiger partial charge in [0.25, 0.3) is 0 Å². The summed E-state index contributed by atoms with van der Waals surface area (Å²) in [5, 5.41) is 0. The molecule has 14 heavy (non-hydrogen) atoms. The maximum atomic E-state index is 11.7. The Kier molecular flexibility index (Phi) is 4.14. The van der Waals surface area contributed by atoms with E-state index < -0.39 is 25.6 Å². The molecule has 0 radical (unpaired) electrons. The number of rotatable bonds is 2. The minimum Gasteiger partial charge on any atom is -0.269 e. The van der Waals surface area contributed by atoms with Gasteiger partial charge in [-0.2, -0.15) is 34.7 Å². The summed E-state index contributed by atoms with van der Waals surface area (Å²) >= 11 is 1.09. The lowest BCUT2D eigenvalue weighted by molar-refractivity contribution is -0.314. The minimum atomic E-state index is -6.02. The summed E-state index contributed by atoms with van der Waals surface area (Å²) in [4.78, 5) is 0. The van der Waals surface area contributed by atoms with Crippen molar-refractivity contribution in [3.63, 3.8) is 0 Å². The van der Waals surface area contributed by atoms with E-state index in [4.69, 9.17) is 0 Å². The molecule has 0 atom stereocenters. The van der Waals surface area contributed by atoms with Crippen LogP contribution in [0.15, 0.2) is 0 Å².